The summed E-state index contributed by atoms with van der Waals surface area (Å²) in [5.74, 6) is 0.633. The Labute approximate surface area is 174 Å². The van der Waals surface area contributed by atoms with Crippen LogP contribution in [0.5, 0.6) is 0 Å². The molecule has 2 fully saturated rings. The number of ether oxygens (including phenoxy) is 1. The lowest BCUT2D eigenvalue weighted by atomic mass is 10.0. The van der Waals surface area contributed by atoms with Crippen molar-refractivity contribution in [3.8, 4) is 0 Å². The highest BCUT2D eigenvalue weighted by molar-refractivity contribution is 5.94. The predicted octanol–water partition coefficient (Wildman–Crippen LogP) is 0.278. The maximum atomic E-state index is 12.8. The van der Waals surface area contributed by atoms with Gasteiger partial charge < -0.3 is 24.3 Å². The number of morpholine rings is 1. The maximum absolute atomic E-state index is 12.8. The number of β-amino-alcohol motifs (C(OH)–C–C–N with tert-alkyl or cyclic N) is 1. The summed E-state index contributed by atoms with van der Waals surface area (Å²) in [5, 5.41) is 17.2. The third-order valence-electron chi connectivity index (χ3n) is 5.17. The smallest absolute Gasteiger partial charge is 0.290 e. The molecule has 162 valence electrons. The van der Waals surface area contributed by atoms with E-state index in [0.717, 1.165) is 37.8 Å². The van der Waals surface area contributed by atoms with Crippen molar-refractivity contribution < 1.29 is 29.0 Å². The number of likely N-dealkylation sites (tertiary alicyclic amines) is 1. The fourth-order valence-electron chi connectivity index (χ4n) is 3.66. The van der Waals surface area contributed by atoms with Crippen LogP contribution in [0.1, 0.15) is 21.8 Å². The van der Waals surface area contributed by atoms with E-state index < -0.39 is 6.10 Å². The summed E-state index contributed by atoms with van der Waals surface area (Å²) in [6.07, 6.45) is 6.52. The van der Waals surface area contributed by atoms with Crippen molar-refractivity contribution in [2.45, 2.75) is 19.1 Å². The normalized spacial score (nSPS) is 21.7. The molecule has 0 saturated carbocycles. The Morgan fingerprint density at radius 1 is 1.27 bits per heavy atom. The van der Waals surface area contributed by atoms with Crippen molar-refractivity contribution in [1.82, 2.24) is 19.8 Å². The van der Waals surface area contributed by atoms with Gasteiger partial charge in [-0.3, -0.25) is 24.5 Å². The van der Waals surface area contributed by atoms with Crippen LogP contribution < -0.4 is 0 Å². The summed E-state index contributed by atoms with van der Waals surface area (Å²) in [7, 11) is 0. The number of aliphatic hydroxyl groups excluding tert-OH is 1. The Morgan fingerprint density at radius 3 is 2.73 bits per heavy atom. The molecule has 10 nitrogen and oxygen atoms in total. The molecule has 2 N–H and O–H groups in total. The van der Waals surface area contributed by atoms with Crippen LogP contribution in [0.15, 0.2) is 35.3 Å². The largest absolute Gasteiger partial charge is 0.483 e. The first-order valence-corrected chi connectivity index (χ1v) is 9.78. The Balaban J connectivity index is 0.000000806. The number of rotatable bonds is 5. The van der Waals surface area contributed by atoms with Gasteiger partial charge in [0.25, 0.3) is 12.4 Å². The molecule has 0 spiro atoms. The van der Waals surface area contributed by atoms with Crippen LogP contribution in [0.3, 0.4) is 0 Å². The molecule has 1 amide bonds. The SMILES string of the molecule is O=C(c1coc(CN2CCOCC2)c1)N1C[C@@H](Cc2cnccn2)[C@H](O)C1.O=CO. The number of hydrogen-bond acceptors (Lipinski definition) is 8. The Kier molecular flexibility index (Phi) is 7.89. The van der Waals surface area contributed by atoms with Crippen molar-refractivity contribution in [3.63, 3.8) is 0 Å². The molecule has 0 bridgehead atoms. The van der Waals surface area contributed by atoms with E-state index >= 15 is 0 Å². The van der Waals surface area contributed by atoms with E-state index in [-0.39, 0.29) is 18.3 Å². The summed E-state index contributed by atoms with van der Waals surface area (Å²) >= 11 is 0. The van der Waals surface area contributed by atoms with Gasteiger partial charge in [-0.15, -0.1) is 0 Å². The number of amides is 1. The number of carbonyl (C=O) groups excluding carboxylic acids is 1. The molecule has 30 heavy (non-hydrogen) atoms. The second kappa shape index (κ2) is 10.8. The van der Waals surface area contributed by atoms with Crippen LogP contribution in [-0.2, 0) is 22.5 Å². The molecule has 2 aliphatic rings. The second-order valence-corrected chi connectivity index (χ2v) is 7.23. The number of aliphatic hydroxyl groups is 1. The first-order valence-electron chi connectivity index (χ1n) is 9.78. The zero-order chi connectivity index (χ0) is 21.3. The molecule has 4 heterocycles. The standard InChI is InChI=1S/C19H24N4O4.CH2O2/c24-18-12-23(10-14(18)7-16-9-20-1-2-21-16)19(25)15-8-17(27-13-15)11-22-3-5-26-6-4-22;2-1-3/h1-2,8-9,13-14,18,24H,3-7,10-12H2;1H,(H,2,3)/t14-,18-;/m1./s1. The summed E-state index contributed by atoms with van der Waals surface area (Å²) in [6.45, 7) is 4.44. The molecule has 0 aliphatic carbocycles. The van der Waals surface area contributed by atoms with Gasteiger partial charge in [0.1, 0.15) is 12.0 Å². The molecule has 2 atom stereocenters. The molecule has 2 aromatic rings. The van der Waals surface area contributed by atoms with Crippen LogP contribution in [-0.4, -0.2) is 87.9 Å². The van der Waals surface area contributed by atoms with Gasteiger partial charge in [0.15, 0.2) is 0 Å². The molecule has 10 heteroatoms. The minimum Gasteiger partial charge on any atom is -0.483 e. The molecule has 0 radical (unpaired) electrons. The molecule has 0 aromatic carbocycles. The van der Waals surface area contributed by atoms with E-state index in [4.69, 9.17) is 19.1 Å². The fourth-order valence-corrected chi connectivity index (χ4v) is 3.66. The van der Waals surface area contributed by atoms with Crippen LogP contribution in [0, 0.1) is 5.92 Å². The summed E-state index contributed by atoms with van der Waals surface area (Å²) in [5.41, 5.74) is 1.36. The lowest BCUT2D eigenvalue weighted by Gasteiger charge is -2.25. The van der Waals surface area contributed by atoms with Crippen LogP contribution in [0.2, 0.25) is 0 Å². The summed E-state index contributed by atoms with van der Waals surface area (Å²) in [6, 6.07) is 1.81. The van der Waals surface area contributed by atoms with Crippen molar-refractivity contribution in [2.24, 2.45) is 5.92 Å². The first-order chi connectivity index (χ1) is 14.6. The Hall–Kier alpha value is -2.82. The second-order valence-electron chi connectivity index (χ2n) is 7.23. The number of furan rings is 1. The van der Waals surface area contributed by atoms with E-state index in [1.165, 1.54) is 6.26 Å². The quantitative estimate of drug-likeness (QED) is 0.658. The topological polar surface area (TPSA) is 129 Å². The maximum Gasteiger partial charge on any atom is 0.290 e. The van der Waals surface area contributed by atoms with Gasteiger partial charge in [-0.25, -0.2) is 0 Å². The van der Waals surface area contributed by atoms with Crippen LogP contribution in [0.25, 0.3) is 0 Å². The summed E-state index contributed by atoms with van der Waals surface area (Å²) in [4.78, 5) is 33.4. The zero-order valence-electron chi connectivity index (χ0n) is 16.6. The molecule has 4 rings (SSSR count). The number of nitrogens with zero attached hydrogens (tertiary/aromatic N) is 4. The van der Waals surface area contributed by atoms with Gasteiger partial charge in [0.2, 0.25) is 0 Å². The average Bonchev–Trinajstić information content (AvgIpc) is 3.37. The Morgan fingerprint density at radius 2 is 2.03 bits per heavy atom. The van der Waals surface area contributed by atoms with Crippen LogP contribution >= 0.6 is 0 Å². The van der Waals surface area contributed by atoms with Crippen molar-refractivity contribution in [3.05, 3.63) is 47.9 Å². The summed E-state index contributed by atoms with van der Waals surface area (Å²) < 4.78 is 10.9. The molecule has 2 saturated heterocycles. The highest BCUT2D eigenvalue weighted by Gasteiger charge is 2.35. The third kappa shape index (κ3) is 5.85. The highest BCUT2D eigenvalue weighted by Crippen LogP contribution is 2.23. The van der Waals surface area contributed by atoms with E-state index in [1.807, 2.05) is 0 Å². The average molecular weight is 418 g/mol. The van der Waals surface area contributed by atoms with Crippen molar-refractivity contribution >= 4 is 12.4 Å². The minimum absolute atomic E-state index is 0.0367. The van der Waals surface area contributed by atoms with E-state index in [1.54, 1.807) is 29.6 Å². The van der Waals surface area contributed by atoms with E-state index in [2.05, 4.69) is 14.9 Å². The van der Waals surface area contributed by atoms with E-state index in [9.17, 15) is 9.90 Å². The van der Waals surface area contributed by atoms with E-state index in [0.29, 0.717) is 31.6 Å². The van der Waals surface area contributed by atoms with Crippen LogP contribution in [0.4, 0.5) is 0 Å². The molecule has 0 unspecified atom stereocenters. The Bertz CT molecular complexity index is 809. The van der Waals surface area contributed by atoms with Gasteiger partial charge in [-0.2, -0.15) is 0 Å². The first kappa shape index (κ1) is 21.9. The zero-order valence-corrected chi connectivity index (χ0v) is 16.6. The lowest BCUT2D eigenvalue weighted by molar-refractivity contribution is -0.122. The van der Waals surface area contributed by atoms with Crippen molar-refractivity contribution in [2.75, 3.05) is 39.4 Å². The van der Waals surface area contributed by atoms with Gasteiger partial charge >= 0.3 is 0 Å². The van der Waals surface area contributed by atoms with Gasteiger partial charge in [0.05, 0.1) is 37.1 Å². The number of aromatic nitrogens is 2. The number of carbonyl (C=O) groups is 2. The van der Waals surface area contributed by atoms with Gasteiger partial charge in [0, 0.05) is 50.7 Å². The number of carboxylic acid groups (broad SMARTS) is 1. The lowest BCUT2D eigenvalue weighted by Crippen LogP contribution is -2.35. The fraction of sp³-hybridized carbons (Fsp3) is 0.500. The van der Waals surface area contributed by atoms with Crippen molar-refractivity contribution in [1.29, 1.82) is 0 Å². The minimum atomic E-state index is -0.560. The molecular weight excluding hydrogens is 392 g/mol. The van der Waals surface area contributed by atoms with Gasteiger partial charge in [-0.1, -0.05) is 0 Å². The molecular formula is C20H26N4O6. The third-order valence-corrected chi connectivity index (χ3v) is 5.17. The molecule has 2 aliphatic heterocycles. The van der Waals surface area contributed by atoms with Gasteiger partial charge in [-0.05, 0) is 12.5 Å². The highest BCUT2D eigenvalue weighted by atomic mass is 16.5. The predicted molar refractivity (Wildman–Crippen MR) is 105 cm³/mol. The monoisotopic (exact) mass is 418 g/mol. The molecule has 2 aromatic heterocycles. The number of hydrogen-bond donors (Lipinski definition) is 2.